The number of anilines is 1. The maximum Gasteiger partial charge on any atom is 0.322 e. The average molecular weight is 537 g/mol. The van der Waals surface area contributed by atoms with Crippen LogP contribution in [0.1, 0.15) is 22.7 Å². The molecule has 0 aromatic heterocycles. The Hall–Kier alpha value is -3.20. The van der Waals surface area contributed by atoms with Gasteiger partial charge in [0.05, 0.1) is 35.9 Å². The molecule has 35 heavy (non-hydrogen) atoms. The van der Waals surface area contributed by atoms with Crippen molar-refractivity contribution in [1.82, 2.24) is 4.90 Å². The number of rotatable bonds is 5. The molecule has 0 spiro atoms. The van der Waals surface area contributed by atoms with Crippen LogP contribution in [0.4, 0.5) is 16.2 Å². The summed E-state index contributed by atoms with van der Waals surface area (Å²) in [6.07, 6.45) is 0.518. The lowest BCUT2D eigenvalue weighted by atomic mass is 9.87. The summed E-state index contributed by atoms with van der Waals surface area (Å²) in [4.78, 5) is 25.8. The Balaban J connectivity index is 1.82. The van der Waals surface area contributed by atoms with Crippen LogP contribution in [0.25, 0.3) is 0 Å². The Morgan fingerprint density at radius 3 is 2.40 bits per heavy atom. The second-order valence-electron chi connectivity index (χ2n) is 7.80. The molecule has 8 nitrogen and oxygen atoms in total. The molecular weight excluding hydrogens is 517 g/mol. The summed E-state index contributed by atoms with van der Waals surface area (Å²) >= 11 is 18.8. The second kappa shape index (κ2) is 10.2. The highest BCUT2D eigenvalue weighted by atomic mass is 35.5. The number of methoxy groups -OCH3 is 2. The van der Waals surface area contributed by atoms with E-state index in [-0.39, 0.29) is 16.4 Å². The predicted molar refractivity (Wildman–Crippen MR) is 135 cm³/mol. The summed E-state index contributed by atoms with van der Waals surface area (Å²) in [5.74, 6) is 1.16. The molecule has 1 N–H and O–H groups in total. The van der Waals surface area contributed by atoms with Crippen LogP contribution in [0.2, 0.25) is 15.1 Å². The molecule has 1 heterocycles. The van der Waals surface area contributed by atoms with Crippen molar-refractivity contribution in [2.45, 2.75) is 12.5 Å². The lowest BCUT2D eigenvalue weighted by Crippen LogP contribution is -2.43. The minimum atomic E-state index is -0.617. The van der Waals surface area contributed by atoms with Crippen LogP contribution in [0, 0.1) is 10.1 Å². The molecule has 1 aliphatic heterocycles. The molecule has 0 bridgehead atoms. The number of ether oxygens (including phenoxy) is 2. The number of hydrogen-bond acceptors (Lipinski definition) is 5. The summed E-state index contributed by atoms with van der Waals surface area (Å²) in [6, 6.07) is 11.5. The lowest BCUT2D eigenvalue weighted by molar-refractivity contribution is -0.384. The van der Waals surface area contributed by atoms with Gasteiger partial charge in [0.2, 0.25) is 0 Å². The van der Waals surface area contributed by atoms with E-state index >= 15 is 0 Å². The number of nitrogens with one attached hydrogen (secondary N) is 1. The summed E-state index contributed by atoms with van der Waals surface area (Å²) in [6.45, 7) is 0.330. The zero-order chi connectivity index (χ0) is 25.3. The number of nitro benzene ring substituents is 1. The number of fused-ring (bicyclic) bond motifs is 1. The standard InChI is InChI=1S/C24H20Cl3N3O5/c1-34-18-9-13-5-6-29(24(31)28-20-11-17(30(32)33)3-4-19(20)27)23(22(13)21(12-18)35-2)14-7-15(25)10-16(26)8-14/h3-4,7-12,23H,5-6H2,1-2H3,(H,28,31). The fourth-order valence-electron chi connectivity index (χ4n) is 4.19. The van der Waals surface area contributed by atoms with Gasteiger partial charge < -0.3 is 19.7 Å². The molecular formula is C24H20Cl3N3O5. The van der Waals surface area contributed by atoms with E-state index in [2.05, 4.69) is 5.32 Å². The molecule has 3 aromatic rings. The van der Waals surface area contributed by atoms with E-state index in [9.17, 15) is 14.9 Å². The maximum atomic E-state index is 13.5. The van der Waals surface area contributed by atoms with Crippen molar-refractivity contribution in [2.75, 3.05) is 26.1 Å². The van der Waals surface area contributed by atoms with Crippen molar-refractivity contribution in [1.29, 1.82) is 0 Å². The highest BCUT2D eigenvalue weighted by molar-refractivity contribution is 6.35. The third-order valence-electron chi connectivity index (χ3n) is 5.73. The van der Waals surface area contributed by atoms with E-state index in [1.807, 2.05) is 6.07 Å². The van der Waals surface area contributed by atoms with Crippen molar-refractivity contribution >= 4 is 52.2 Å². The van der Waals surface area contributed by atoms with Crippen molar-refractivity contribution < 1.29 is 19.2 Å². The summed E-state index contributed by atoms with van der Waals surface area (Å²) < 4.78 is 11.1. The van der Waals surface area contributed by atoms with Gasteiger partial charge in [-0.2, -0.15) is 0 Å². The highest BCUT2D eigenvalue weighted by Gasteiger charge is 2.36. The number of non-ortho nitro benzene ring substituents is 1. The number of nitrogens with zero attached hydrogens (tertiary/aromatic N) is 2. The predicted octanol–water partition coefficient (Wildman–Crippen LogP) is 6.75. The minimum Gasteiger partial charge on any atom is -0.497 e. The van der Waals surface area contributed by atoms with Crippen LogP contribution in [0.5, 0.6) is 11.5 Å². The Bertz CT molecular complexity index is 1280. The van der Waals surface area contributed by atoms with Gasteiger partial charge in [-0.3, -0.25) is 10.1 Å². The van der Waals surface area contributed by atoms with Crippen LogP contribution in [0.3, 0.4) is 0 Å². The van der Waals surface area contributed by atoms with Gasteiger partial charge in [0, 0.05) is 40.4 Å². The second-order valence-corrected chi connectivity index (χ2v) is 9.08. The zero-order valence-corrected chi connectivity index (χ0v) is 20.9. The number of carbonyl (C=O) groups is 1. The lowest BCUT2D eigenvalue weighted by Gasteiger charge is -2.38. The van der Waals surface area contributed by atoms with Gasteiger partial charge in [-0.05, 0) is 47.9 Å². The van der Waals surface area contributed by atoms with Gasteiger partial charge in [0.25, 0.3) is 5.69 Å². The normalized spacial score (nSPS) is 14.8. The molecule has 0 aliphatic carbocycles. The fourth-order valence-corrected chi connectivity index (χ4v) is 4.90. The molecule has 11 heteroatoms. The van der Waals surface area contributed by atoms with E-state index < -0.39 is 17.0 Å². The highest BCUT2D eigenvalue weighted by Crippen LogP contribution is 2.44. The summed E-state index contributed by atoms with van der Waals surface area (Å²) in [7, 11) is 3.11. The number of amides is 2. The largest absolute Gasteiger partial charge is 0.497 e. The first kappa shape index (κ1) is 24.9. The first-order chi connectivity index (χ1) is 16.7. The van der Waals surface area contributed by atoms with Crippen LogP contribution < -0.4 is 14.8 Å². The Morgan fingerprint density at radius 2 is 1.77 bits per heavy atom. The van der Waals surface area contributed by atoms with Crippen LogP contribution >= 0.6 is 34.8 Å². The SMILES string of the molecule is COc1cc2c(c(OC)c1)C(c1cc(Cl)cc(Cl)c1)N(C(=O)Nc1cc([N+](=O)[O-])ccc1Cl)CC2. The molecule has 182 valence electrons. The quantitative estimate of drug-likeness (QED) is 0.287. The van der Waals surface area contributed by atoms with E-state index in [0.717, 1.165) is 11.1 Å². The number of halogens is 3. The van der Waals surface area contributed by atoms with Crippen LogP contribution in [-0.4, -0.2) is 36.6 Å². The first-order valence-corrected chi connectivity index (χ1v) is 11.6. The van der Waals surface area contributed by atoms with E-state index in [0.29, 0.717) is 40.1 Å². The molecule has 2 amide bonds. The third-order valence-corrected chi connectivity index (χ3v) is 6.49. The van der Waals surface area contributed by atoms with Crippen molar-refractivity contribution in [3.63, 3.8) is 0 Å². The van der Waals surface area contributed by atoms with Gasteiger partial charge in [-0.15, -0.1) is 0 Å². The number of urea groups is 1. The third kappa shape index (κ3) is 5.10. The van der Waals surface area contributed by atoms with Crippen molar-refractivity contribution in [3.05, 3.63) is 90.4 Å². The van der Waals surface area contributed by atoms with Gasteiger partial charge >= 0.3 is 6.03 Å². The fraction of sp³-hybridized carbons (Fsp3) is 0.208. The topological polar surface area (TPSA) is 93.9 Å². The monoisotopic (exact) mass is 535 g/mol. The number of nitro groups is 1. The minimum absolute atomic E-state index is 0.126. The maximum absolute atomic E-state index is 13.5. The molecule has 0 saturated carbocycles. The van der Waals surface area contributed by atoms with E-state index in [4.69, 9.17) is 44.3 Å². The van der Waals surface area contributed by atoms with Gasteiger partial charge in [-0.25, -0.2) is 4.79 Å². The molecule has 1 atom stereocenters. The molecule has 0 radical (unpaired) electrons. The summed E-state index contributed by atoms with van der Waals surface area (Å²) in [5, 5.41) is 14.9. The molecule has 3 aromatic carbocycles. The molecule has 1 aliphatic rings. The Labute approximate surface area is 216 Å². The summed E-state index contributed by atoms with van der Waals surface area (Å²) in [5.41, 5.74) is 2.31. The van der Waals surface area contributed by atoms with Crippen LogP contribution in [-0.2, 0) is 6.42 Å². The number of hydrogen-bond donors (Lipinski definition) is 1. The molecule has 1 unspecified atom stereocenters. The number of benzene rings is 3. The van der Waals surface area contributed by atoms with Gasteiger partial charge in [0.15, 0.2) is 0 Å². The average Bonchev–Trinajstić information content (AvgIpc) is 2.82. The Kier molecular flexibility index (Phi) is 7.25. The molecule has 4 rings (SSSR count). The Morgan fingerprint density at radius 1 is 1.06 bits per heavy atom. The molecule has 0 saturated heterocycles. The van der Waals surface area contributed by atoms with Gasteiger partial charge in [-0.1, -0.05) is 34.8 Å². The van der Waals surface area contributed by atoms with Crippen molar-refractivity contribution in [2.24, 2.45) is 0 Å². The first-order valence-electron chi connectivity index (χ1n) is 10.4. The smallest absolute Gasteiger partial charge is 0.322 e. The van der Waals surface area contributed by atoms with E-state index in [1.165, 1.54) is 18.2 Å². The van der Waals surface area contributed by atoms with Crippen molar-refractivity contribution in [3.8, 4) is 11.5 Å². The molecule has 0 fully saturated rings. The van der Waals surface area contributed by atoms with E-state index in [1.54, 1.807) is 43.4 Å². The van der Waals surface area contributed by atoms with Gasteiger partial charge in [0.1, 0.15) is 11.5 Å². The zero-order valence-electron chi connectivity index (χ0n) is 18.7. The number of carbonyl (C=O) groups excluding carboxylic acids is 1. The van der Waals surface area contributed by atoms with Crippen LogP contribution in [0.15, 0.2) is 48.5 Å².